The van der Waals surface area contributed by atoms with Crippen LogP contribution in [-0.4, -0.2) is 28.9 Å². The molecule has 0 atom stereocenters. The minimum absolute atomic E-state index is 0.284. The molecule has 7 heteroatoms. The molecule has 0 bridgehead atoms. The van der Waals surface area contributed by atoms with E-state index in [1.807, 2.05) is 6.08 Å². The van der Waals surface area contributed by atoms with Crippen molar-refractivity contribution in [3.63, 3.8) is 0 Å². The van der Waals surface area contributed by atoms with Gasteiger partial charge in [-0.3, -0.25) is 9.20 Å². The van der Waals surface area contributed by atoms with E-state index < -0.39 is 0 Å². The standard InChI is InChI=1S/C20H19BrFN3O2/c1-3-4-5-10-27-16-11-17-24-18(13-6-8-14(22)9-7-13)19(20(26)23-2)25(17)12-15(16)21/h3,6-9,11-12H,1,4-5,10H2,2H3,(H,23,26). The molecule has 2 heterocycles. The van der Waals surface area contributed by atoms with Crippen LogP contribution in [0, 0.1) is 5.82 Å². The molecule has 0 radical (unpaired) electrons. The van der Waals surface area contributed by atoms with E-state index in [0.717, 1.165) is 12.8 Å². The number of hydrogen-bond donors (Lipinski definition) is 1. The first-order chi connectivity index (χ1) is 13.0. The van der Waals surface area contributed by atoms with Gasteiger partial charge in [-0.2, -0.15) is 0 Å². The van der Waals surface area contributed by atoms with Crippen LogP contribution in [0.25, 0.3) is 16.9 Å². The fraction of sp³-hybridized carbons (Fsp3) is 0.200. The Morgan fingerprint density at radius 1 is 1.41 bits per heavy atom. The average molecular weight is 432 g/mol. The molecule has 0 fully saturated rings. The number of pyridine rings is 1. The second-order valence-corrected chi connectivity index (χ2v) is 6.74. The molecule has 0 saturated carbocycles. The van der Waals surface area contributed by atoms with E-state index in [1.165, 1.54) is 12.1 Å². The van der Waals surface area contributed by atoms with Crippen LogP contribution < -0.4 is 10.1 Å². The van der Waals surface area contributed by atoms with E-state index in [1.54, 1.807) is 35.8 Å². The quantitative estimate of drug-likeness (QED) is 0.438. The number of nitrogens with zero attached hydrogens (tertiary/aromatic N) is 2. The zero-order valence-corrected chi connectivity index (χ0v) is 16.4. The van der Waals surface area contributed by atoms with Gasteiger partial charge in [0.1, 0.15) is 28.6 Å². The molecule has 1 N–H and O–H groups in total. The molecule has 5 nitrogen and oxygen atoms in total. The van der Waals surface area contributed by atoms with E-state index in [-0.39, 0.29) is 11.7 Å². The molecule has 2 aromatic heterocycles. The van der Waals surface area contributed by atoms with E-state index in [2.05, 4.69) is 32.8 Å². The van der Waals surface area contributed by atoms with Crippen molar-refractivity contribution in [3.8, 4) is 17.0 Å². The van der Waals surface area contributed by atoms with E-state index in [9.17, 15) is 9.18 Å². The van der Waals surface area contributed by atoms with Crippen LogP contribution in [-0.2, 0) is 0 Å². The van der Waals surface area contributed by atoms with Gasteiger partial charge in [-0.05, 0) is 53.0 Å². The van der Waals surface area contributed by atoms with Crippen LogP contribution in [0.1, 0.15) is 23.3 Å². The normalized spacial score (nSPS) is 10.8. The highest BCUT2D eigenvalue weighted by Gasteiger charge is 2.21. The number of carbonyl (C=O) groups is 1. The molecule has 0 saturated heterocycles. The molecule has 27 heavy (non-hydrogen) atoms. The van der Waals surface area contributed by atoms with Gasteiger partial charge in [0.15, 0.2) is 0 Å². The molecule has 140 valence electrons. The van der Waals surface area contributed by atoms with Gasteiger partial charge in [0.2, 0.25) is 0 Å². The first-order valence-corrected chi connectivity index (χ1v) is 9.27. The number of amides is 1. The van der Waals surface area contributed by atoms with Crippen LogP contribution in [0.4, 0.5) is 4.39 Å². The third-order valence-corrected chi connectivity index (χ3v) is 4.64. The first kappa shape index (κ1) is 19.1. The Labute approximate surface area is 165 Å². The number of rotatable bonds is 7. The summed E-state index contributed by atoms with van der Waals surface area (Å²) in [4.78, 5) is 17.1. The van der Waals surface area contributed by atoms with Gasteiger partial charge < -0.3 is 10.1 Å². The highest BCUT2D eigenvalue weighted by Crippen LogP contribution is 2.31. The summed E-state index contributed by atoms with van der Waals surface area (Å²) in [5.41, 5.74) is 2.07. The second-order valence-electron chi connectivity index (χ2n) is 5.89. The summed E-state index contributed by atoms with van der Waals surface area (Å²) in [7, 11) is 1.56. The Kier molecular flexibility index (Phi) is 5.91. The third kappa shape index (κ3) is 4.03. The third-order valence-electron chi connectivity index (χ3n) is 4.05. The number of unbranched alkanes of at least 4 members (excludes halogenated alkanes) is 1. The molecule has 0 aliphatic heterocycles. The van der Waals surface area contributed by atoms with E-state index in [0.29, 0.717) is 39.4 Å². The number of halogens is 2. The number of fused-ring (bicyclic) bond motifs is 1. The Hall–Kier alpha value is -2.67. The lowest BCUT2D eigenvalue weighted by molar-refractivity contribution is 0.0958. The minimum Gasteiger partial charge on any atom is -0.492 e. The zero-order chi connectivity index (χ0) is 19.4. The minimum atomic E-state index is -0.345. The summed E-state index contributed by atoms with van der Waals surface area (Å²) < 4.78 is 21.5. The van der Waals surface area contributed by atoms with Crippen LogP contribution in [0.15, 0.2) is 53.7 Å². The maximum absolute atomic E-state index is 13.3. The van der Waals surface area contributed by atoms with Crippen molar-refractivity contribution in [2.45, 2.75) is 12.8 Å². The molecule has 0 unspecified atom stereocenters. The van der Waals surface area contributed by atoms with Crippen LogP contribution in [0.3, 0.4) is 0 Å². The van der Waals surface area contributed by atoms with Gasteiger partial charge in [0, 0.05) is 24.9 Å². The summed E-state index contributed by atoms with van der Waals surface area (Å²) in [5, 5.41) is 2.63. The van der Waals surface area contributed by atoms with Crippen molar-refractivity contribution in [2.24, 2.45) is 0 Å². The molecule has 3 rings (SSSR count). The molecular formula is C20H19BrFN3O2. The molecule has 1 amide bonds. The lowest BCUT2D eigenvalue weighted by atomic mass is 10.1. The van der Waals surface area contributed by atoms with Crippen molar-refractivity contribution < 1.29 is 13.9 Å². The summed E-state index contributed by atoms with van der Waals surface area (Å²) in [6, 6.07) is 7.67. The van der Waals surface area contributed by atoms with Crippen LogP contribution in [0.2, 0.25) is 0 Å². The Morgan fingerprint density at radius 3 is 2.81 bits per heavy atom. The lowest BCUT2D eigenvalue weighted by Gasteiger charge is -2.09. The fourth-order valence-corrected chi connectivity index (χ4v) is 3.14. The van der Waals surface area contributed by atoms with Crippen molar-refractivity contribution in [3.05, 3.63) is 65.2 Å². The monoisotopic (exact) mass is 431 g/mol. The SMILES string of the molecule is C=CCCCOc1cc2nc(-c3ccc(F)cc3)c(C(=O)NC)n2cc1Br. The molecule has 0 spiro atoms. The summed E-state index contributed by atoms with van der Waals surface area (Å²) in [6.07, 6.45) is 5.34. The predicted molar refractivity (Wildman–Crippen MR) is 107 cm³/mol. The number of benzene rings is 1. The Morgan fingerprint density at radius 2 is 2.15 bits per heavy atom. The number of allylic oxidation sites excluding steroid dienone is 1. The number of nitrogens with one attached hydrogen (secondary N) is 1. The summed E-state index contributed by atoms with van der Waals surface area (Å²) in [6.45, 7) is 4.25. The molecule has 0 aliphatic carbocycles. The van der Waals surface area contributed by atoms with Crippen molar-refractivity contribution in [1.82, 2.24) is 14.7 Å². The van der Waals surface area contributed by atoms with Crippen LogP contribution >= 0.6 is 15.9 Å². The van der Waals surface area contributed by atoms with E-state index in [4.69, 9.17) is 4.74 Å². The summed E-state index contributed by atoms with van der Waals surface area (Å²) >= 11 is 3.49. The van der Waals surface area contributed by atoms with E-state index >= 15 is 0 Å². The highest BCUT2D eigenvalue weighted by molar-refractivity contribution is 9.10. The Balaban J connectivity index is 2.08. The predicted octanol–water partition coefficient (Wildman–Crippen LogP) is 4.61. The molecular weight excluding hydrogens is 413 g/mol. The summed E-state index contributed by atoms with van der Waals surface area (Å²) in [5.74, 6) is 0.0148. The Bertz CT molecular complexity index is 983. The number of hydrogen-bond acceptors (Lipinski definition) is 3. The first-order valence-electron chi connectivity index (χ1n) is 8.48. The number of carbonyl (C=O) groups excluding carboxylic acids is 1. The van der Waals surface area contributed by atoms with Gasteiger partial charge in [0.05, 0.1) is 11.1 Å². The second kappa shape index (κ2) is 8.35. The number of ether oxygens (including phenoxy) is 1. The largest absolute Gasteiger partial charge is 0.492 e. The number of imidazole rings is 1. The average Bonchev–Trinajstić information content (AvgIpc) is 3.03. The topological polar surface area (TPSA) is 55.6 Å². The smallest absolute Gasteiger partial charge is 0.270 e. The van der Waals surface area contributed by atoms with Gasteiger partial charge in [-0.25, -0.2) is 9.37 Å². The van der Waals surface area contributed by atoms with Crippen molar-refractivity contribution in [2.75, 3.05) is 13.7 Å². The highest BCUT2D eigenvalue weighted by atomic mass is 79.9. The van der Waals surface area contributed by atoms with Gasteiger partial charge in [-0.1, -0.05) is 6.08 Å². The fourth-order valence-electron chi connectivity index (χ4n) is 2.71. The van der Waals surface area contributed by atoms with Crippen molar-refractivity contribution in [1.29, 1.82) is 0 Å². The maximum Gasteiger partial charge on any atom is 0.270 e. The van der Waals surface area contributed by atoms with Crippen molar-refractivity contribution >= 4 is 27.5 Å². The lowest BCUT2D eigenvalue weighted by Crippen LogP contribution is -2.20. The van der Waals surface area contributed by atoms with Gasteiger partial charge >= 0.3 is 0 Å². The number of aromatic nitrogens is 2. The molecule has 0 aliphatic rings. The van der Waals surface area contributed by atoms with Gasteiger partial charge in [-0.15, -0.1) is 6.58 Å². The zero-order valence-electron chi connectivity index (χ0n) is 14.8. The van der Waals surface area contributed by atoms with Crippen LogP contribution in [0.5, 0.6) is 5.75 Å². The molecule has 1 aromatic carbocycles. The molecule has 3 aromatic rings. The van der Waals surface area contributed by atoms with Gasteiger partial charge in [0.25, 0.3) is 5.91 Å². The maximum atomic E-state index is 13.3.